The molecular formula is C48H57Cl2N7O6S. The minimum atomic E-state index is -4.56. The summed E-state index contributed by atoms with van der Waals surface area (Å²) in [6.07, 6.45) is 6.23. The summed E-state index contributed by atoms with van der Waals surface area (Å²) in [5, 5.41) is 20.4. The third-order valence-electron chi connectivity index (χ3n) is 13.2. The van der Waals surface area contributed by atoms with Crippen LogP contribution in [0.5, 0.6) is 0 Å². The topological polar surface area (TPSA) is 149 Å². The van der Waals surface area contributed by atoms with Gasteiger partial charge in [-0.3, -0.25) is 19.8 Å². The molecule has 0 saturated carbocycles. The average Bonchev–Trinajstić information content (AvgIpc) is 3.29. The number of nitro benzene ring substituents is 1. The first-order valence-corrected chi connectivity index (χ1v) is 24.5. The maximum atomic E-state index is 14.1. The number of benzene rings is 4. The van der Waals surface area contributed by atoms with E-state index in [9.17, 15) is 23.3 Å². The number of rotatable bonds is 13. The Labute approximate surface area is 386 Å². The molecule has 3 saturated heterocycles. The summed E-state index contributed by atoms with van der Waals surface area (Å²) in [4.78, 5) is 32.7. The van der Waals surface area contributed by atoms with Gasteiger partial charge in [0.25, 0.3) is 21.6 Å². The molecule has 3 aliphatic heterocycles. The number of piperazine rings is 1. The van der Waals surface area contributed by atoms with Crippen LogP contribution in [0, 0.1) is 15.5 Å². The third-order valence-corrected chi connectivity index (χ3v) is 15.1. The van der Waals surface area contributed by atoms with Gasteiger partial charge in [0.2, 0.25) is 0 Å². The van der Waals surface area contributed by atoms with Crippen molar-refractivity contribution < 1.29 is 22.9 Å². The van der Waals surface area contributed by atoms with Crippen LogP contribution in [-0.4, -0.2) is 95.3 Å². The molecule has 13 nitrogen and oxygen atoms in total. The minimum Gasteiger partial charge on any atom is -0.381 e. The lowest BCUT2D eigenvalue weighted by molar-refractivity contribution is -0.384. The van der Waals surface area contributed by atoms with E-state index in [0.717, 1.165) is 94.7 Å². The molecule has 64 heavy (non-hydrogen) atoms. The number of sulfonamides is 1. The van der Waals surface area contributed by atoms with E-state index in [2.05, 4.69) is 56.0 Å². The van der Waals surface area contributed by atoms with Crippen molar-refractivity contribution in [3.63, 3.8) is 0 Å². The molecule has 0 spiro atoms. The second kappa shape index (κ2) is 19.8. The summed E-state index contributed by atoms with van der Waals surface area (Å²) in [5.41, 5.74) is 6.23. The van der Waals surface area contributed by atoms with Gasteiger partial charge in [-0.1, -0.05) is 66.9 Å². The van der Waals surface area contributed by atoms with Crippen LogP contribution in [0.4, 0.5) is 28.4 Å². The second-order valence-electron chi connectivity index (χ2n) is 18.1. The Bertz CT molecular complexity index is 2460. The molecule has 8 rings (SSSR count). The monoisotopic (exact) mass is 929 g/mol. The zero-order valence-electron chi connectivity index (χ0n) is 36.5. The summed E-state index contributed by atoms with van der Waals surface area (Å²) in [7, 11) is -4.56. The molecule has 1 aliphatic carbocycles. The van der Waals surface area contributed by atoms with E-state index in [-0.39, 0.29) is 33.6 Å². The maximum absolute atomic E-state index is 14.1. The van der Waals surface area contributed by atoms with Gasteiger partial charge in [-0.25, -0.2) is 13.1 Å². The van der Waals surface area contributed by atoms with E-state index in [0.29, 0.717) is 48.1 Å². The van der Waals surface area contributed by atoms with Crippen LogP contribution in [0.15, 0.2) is 95.4 Å². The van der Waals surface area contributed by atoms with Crippen molar-refractivity contribution in [2.45, 2.75) is 75.8 Å². The molecule has 0 atom stereocenters. The number of piperidine rings is 1. The van der Waals surface area contributed by atoms with Gasteiger partial charge in [-0.05, 0) is 129 Å². The maximum Gasteiger partial charge on any atom is 0.293 e. The molecule has 4 aliphatic rings. The molecule has 4 aromatic carbocycles. The van der Waals surface area contributed by atoms with E-state index in [1.54, 1.807) is 24.3 Å². The van der Waals surface area contributed by atoms with E-state index in [4.69, 9.17) is 27.9 Å². The van der Waals surface area contributed by atoms with Crippen molar-refractivity contribution >= 4 is 73.1 Å². The van der Waals surface area contributed by atoms with Crippen LogP contribution < -0.4 is 25.2 Å². The number of nitrogens with zero attached hydrogens (tertiary/aromatic N) is 4. The highest BCUT2D eigenvalue weighted by atomic mass is 35.5. The van der Waals surface area contributed by atoms with Crippen molar-refractivity contribution in [1.82, 2.24) is 14.9 Å². The number of halogens is 2. The number of hydrogen-bond donors (Lipinski definition) is 3. The molecule has 3 fully saturated rings. The quantitative estimate of drug-likeness (QED) is 0.0870. The van der Waals surface area contributed by atoms with Crippen LogP contribution in [0.25, 0.3) is 5.57 Å². The number of carbonyl (C=O) groups excluding carboxylic acids is 1. The zero-order valence-corrected chi connectivity index (χ0v) is 38.8. The molecule has 16 heteroatoms. The zero-order chi connectivity index (χ0) is 45.0. The Morgan fingerprint density at radius 1 is 0.906 bits per heavy atom. The molecule has 4 aromatic rings. The molecule has 0 aromatic heterocycles. The number of ether oxygens (including phenoxy) is 1. The van der Waals surface area contributed by atoms with Crippen LogP contribution in [0.1, 0.15) is 74.7 Å². The highest BCUT2D eigenvalue weighted by molar-refractivity contribution is 7.90. The van der Waals surface area contributed by atoms with E-state index < -0.39 is 20.9 Å². The number of nitro groups is 1. The predicted octanol–water partition coefficient (Wildman–Crippen LogP) is 9.29. The Morgan fingerprint density at radius 3 is 2.31 bits per heavy atom. The van der Waals surface area contributed by atoms with Gasteiger partial charge < -0.3 is 25.2 Å². The number of anilines is 4. The molecule has 0 radical (unpaired) electrons. The fourth-order valence-corrected chi connectivity index (χ4v) is 10.9. The lowest BCUT2D eigenvalue weighted by Gasteiger charge is -2.43. The Hall–Kier alpha value is -4.70. The fraction of sp³-hybridized carbons (Fsp3) is 0.438. The predicted molar refractivity (Wildman–Crippen MR) is 256 cm³/mol. The number of amides is 1. The highest BCUT2D eigenvalue weighted by Crippen LogP contribution is 2.44. The minimum absolute atomic E-state index is 0.00888. The Balaban J connectivity index is 1.02. The standard InChI is InChI=1S/C48H57Cl2N7O6S/c1-48(2)20-15-34(41(31-48)33-7-9-35(49)10-8-33)32-54-23-25-55(26-24-54)38-11-13-40(44(29-38)52-43-6-4-3-5-42(43)50)47(58)53-64(61,62)39-12-14-45(46(30-39)57(59)60)56(36-16-21-51-22-17-36)37-18-27-63-28-19-37/h3-14,29-30,36-37,51-52H,15-28,31-32H2,1-2H3,(H,53,58). The van der Waals surface area contributed by atoms with E-state index in [1.165, 1.54) is 28.8 Å². The van der Waals surface area contributed by atoms with Crippen molar-refractivity contribution in [1.29, 1.82) is 0 Å². The Morgan fingerprint density at radius 2 is 1.61 bits per heavy atom. The van der Waals surface area contributed by atoms with Crippen LogP contribution >= 0.6 is 23.2 Å². The first-order valence-electron chi connectivity index (χ1n) is 22.3. The first kappa shape index (κ1) is 45.9. The van der Waals surface area contributed by atoms with Crippen molar-refractivity contribution in [2.24, 2.45) is 5.41 Å². The van der Waals surface area contributed by atoms with Crippen LogP contribution in [0.3, 0.4) is 0 Å². The molecule has 3 heterocycles. The summed E-state index contributed by atoms with van der Waals surface area (Å²) in [5.74, 6) is -0.892. The van der Waals surface area contributed by atoms with Gasteiger partial charge in [0.05, 0.1) is 31.8 Å². The molecule has 1 amide bonds. The normalized spacial score (nSPS) is 19.0. The molecule has 0 unspecified atom stereocenters. The fourth-order valence-electron chi connectivity index (χ4n) is 9.65. The van der Waals surface area contributed by atoms with Crippen molar-refractivity contribution in [3.05, 3.63) is 122 Å². The van der Waals surface area contributed by atoms with Gasteiger partial charge >= 0.3 is 0 Å². The average molecular weight is 931 g/mol. The number of allylic oxidation sites excluding steroid dienone is 1. The number of para-hydroxylation sites is 1. The second-order valence-corrected chi connectivity index (χ2v) is 20.6. The number of nitrogens with one attached hydrogen (secondary N) is 3. The molecule has 0 bridgehead atoms. The van der Waals surface area contributed by atoms with Crippen LogP contribution in [-0.2, 0) is 14.8 Å². The van der Waals surface area contributed by atoms with Crippen molar-refractivity contribution in [3.8, 4) is 0 Å². The molecule has 340 valence electrons. The SMILES string of the molecule is CC1(C)CCC(CN2CCN(c3ccc(C(=O)NS(=O)(=O)c4ccc(N(C5CCNCC5)C5CCOCC5)c([N+](=O)[O-])c4)c(Nc4ccccc4Cl)c3)CC2)=C(c2ccc(Cl)cc2)C1. The summed E-state index contributed by atoms with van der Waals surface area (Å²) < 4.78 is 35.8. The molecule has 3 N–H and O–H groups in total. The highest BCUT2D eigenvalue weighted by Gasteiger charge is 2.35. The number of hydrogen-bond acceptors (Lipinski definition) is 11. The van der Waals surface area contributed by atoms with Gasteiger partial charge in [0.1, 0.15) is 5.69 Å². The Kier molecular flexibility index (Phi) is 14.2. The van der Waals surface area contributed by atoms with Crippen LogP contribution in [0.2, 0.25) is 10.0 Å². The number of carbonyl (C=O) groups is 1. The van der Waals surface area contributed by atoms with E-state index >= 15 is 0 Å². The third kappa shape index (κ3) is 10.7. The smallest absolute Gasteiger partial charge is 0.293 e. The largest absolute Gasteiger partial charge is 0.381 e. The van der Waals surface area contributed by atoms with Gasteiger partial charge in [-0.2, -0.15) is 0 Å². The summed E-state index contributed by atoms with van der Waals surface area (Å²) in [6.45, 7) is 11.4. The first-order chi connectivity index (χ1) is 30.7. The van der Waals surface area contributed by atoms with Gasteiger partial charge in [-0.15, -0.1) is 0 Å². The lowest BCUT2D eigenvalue weighted by Crippen LogP contribution is -2.50. The lowest BCUT2D eigenvalue weighted by atomic mass is 9.72. The van der Waals surface area contributed by atoms with Crippen molar-refractivity contribution in [2.75, 3.05) is 74.1 Å². The van der Waals surface area contributed by atoms with E-state index in [1.807, 2.05) is 30.3 Å². The molecular weight excluding hydrogens is 874 g/mol. The van der Waals surface area contributed by atoms with Gasteiger partial charge in [0, 0.05) is 74.8 Å². The summed E-state index contributed by atoms with van der Waals surface area (Å²) >= 11 is 12.8. The van der Waals surface area contributed by atoms with Gasteiger partial charge in [0.15, 0.2) is 0 Å². The summed E-state index contributed by atoms with van der Waals surface area (Å²) in [6, 6.07) is 24.6.